The van der Waals surface area contributed by atoms with Crippen molar-refractivity contribution >= 4 is 11.8 Å². The van der Waals surface area contributed by atoms with Crippen LogP contribution in [-0.4, -0.2) is 48.8 Å². The SMILES string of the molecule is CNC(=O)c1c(O)c(=O)c(C(=O)NCCOC)cn1C(C)c1ccccc1. The first-order valence-corrected chi connectivity index (χ1v) is 8.44. The van der Waals surface area contributed by atoms with Crippen LogP contribution in [0.15, 0.2) is 41.3 Å². The summed E-state index contributed by atoms with van der Waals surface area (Å²) in [4.78, 5) is 37.1. The van der Waals surface area contributed by atoms with Crippen LogP contribution in [0.25, 0.3) is 0 Å². The number of ether oxygens (including phenoxy) is 1. The van der Waals surface area contributed by atoms with Gasteiger partial charge in [-0.1, -0.05) is 30.3 Å². The second kappa shape index (κ2) is 9.00. The second-order valence-electron chi connectivity index (χ2n) is 5.89. The third-order valence-electron chi connectivity index (χ3n) is 4.19. The number of amides is 2. The lowest BCUT2D eigenvalue weighted by molar-refractivity contribution is 0.0923. The third-order valence-corrected chi connectivity index (χ3v) is 4.19. The van der Waals surface area contributed by atoms with E-state index in [9.17, 15) is 19.5 Å². The maximum absolute atomic E-state index is 12.5. The summed E-state index contributed by atoms with van der Waals surface area (Å²) in [7, 11) is 2.89. The lowest BCUT2D eigenvalue weighted by Crippen LogP contribution is -2.34. The molecule has 2 aromatic rings. The highest BCUT2D eigenvalue weighted by molar-refractivity contribution is 5.98. The highest BCUT2D eigenvalue weighted by atomic mass is 16.5. The van der Waals surface area contributed by atoms with Gasteiger partial charge in [-0.2, -0.15) is 0 Å². The molecule has 1 unspecified atom stereocenters. The van der Waals surface area contributed by atoms with Crippen LogP contribution in [0.5, 0.6) is 5.75 Å². The molecule has 1 aromatic heterocycles. The first-order chi connectivity index (χ1) is 12.9. The minimum Gasteiger partial charge on any atom is -0.503 e. The zero-order chi connectivity index (χ0) is 20.0. The van der Waals surface area contributed by atoms with Crippen molar-refractivity contribution in [3.8, 4) is 5.75 Å². The maximum Gasteiger partial charge on any atom is 0.271 e. The van der Waals surface area contributed by atoms with Gasteiger partial charge in [0.05, 0.1) is 12.6 Å². The number of nitrogens with zero attached hydrogens (tertiary/aromatic N) is 1. The van der Waals surface area contributed by atoms with Crippen molar-refractivity contribution in [3.63, 3.8) is 0 Å². The van der Waals surface area contributed by atoms with Gasteiger partial charge < -0.3 is 25.0 Å². The normalized spacial score (nSPS) is 11.7. The summed E-state index contributed by atoms with van der Waals surface area (Å²) in [5, 5.41) is 15.3. The highest BCUT2D eigenvalue weighted by Crippen LogP contribution is 2.23. The van der Waals surface area contributed by atoms with Gasteiger partial charge in [-0.15, -0.1) is 0 Å². The number of carbonyl (C=O) groups excluding carboxylic acids is 2. The number of hydrogen-bond acceptors (Lipinski definition) is 5. The molecule has 2 rings (SSSR count). The Labute approximate surface area is 156 Å². The number of hydrogen-bond donors (Lipinski definition) is 3. The van der Waals surface area contributed by atoms with Crippen LogP contribution < -0.4 is 16.1 Å². The maximum atomic E-state index is 12.5. The van der Waals surface area contributed by atoms with Gasteiger partial charge in [-0.25, -0.2) is 0 Å². The van der Waals surface area contributed by atoms with Crippen LogP contribution in [-0.2, 0) is 4.74 Å². The fourth-order valence-corrected chi connectivity index (χ4v) is 2.68. The quantitative estimate of drug-likeness (QED) is 0.625. The van der Waals surface area contributed by atoms with Crippen molar-refractivity contribution in [1.29, 1.82) is 0 Å². The van der Waals surface area contributed by atoms with E-state index in [1.807, 2.05) is 30.3 Å². The molecule has 0 spiro atoms. The molecule has 0 fully saturated rings. The van der Waals surface area contributed by atoms with Gasteiger partial charge in [-0.3, -0.25) is 14.4 Å². The van der Waals surface area contributed by atoms with E-state index in [1.54, 1.807) is 6.92 Å². The Balaban J connectivity index is 2.59. The van der Waals surface area contributed by atoms with Crippen molar-refractivity contribution in [2.24, 2.45) is 0 Å². The van der Waals surface area contributed by atoms with Crippen LogP contribution in [0.3, 0.4) is 0 Å². The zero-order valence-corrected chi connectivity index (χ0v) is 15.5. The van der Waals surface area contributed by atoms with E-state index in [1.165, 1.54) is 24.9 Å². The Morgan fingerprint density at radius 1 is 1.22 bits per heavy atom. The van der Waals surface area contributed by atoms with Crippen LogP contribution in [0, 0.1) is 0 Å². The monoisotopic (exact) mass is 373 g/mol. The van der Waals surface area contributed by atoms with Crippen molar-refractivity contribution < 1.29 is 19.4 Å². The summed E-state index contributed by atoms with van der Waals surface area (Å²) >= 11 is 0. The van der Waals surface area contributed by atoms with Crippen LogP contribution in [0.1, 0.15) is 39.4 Å². The van der Waals surface area contributed by atoms with Crippen molar-refractivity contribution in [2.45, 2.75) is 13.0 Å². The Bertz CT molecular complexity index is 877. The number of methoxy groups -OCH3 is 1. The molecule has 0 aliphatic heterocycles. The molecule has 8 heteroatoms. The lowest BCUT2D eigenvalue weighted by Gasteiger charge is -2.22. The van der Waals surface area contributed by atoms with E-state index < -0.39 is 29.0 Å². The number of carbonyl (C=O) groups is 2. The number of rotatable bonds is 7. The van der Waals surface area contributed by atoms with E-state index in [0.29, 0.717) is 0 Å². The third kappa shape index (κ3) is 4.35. The van der Waals surface area contributed by atoms with Gasteiger partial charge in [0.15, 0.2) is 11.4 Å². The van der Waals surface area contributed by atoms with Crippen LogP contribution in [0.2, 0.25) is 0 Å². The van der Waals surface area contributed by atoms with Gasteiger partial charge in [0.1, 0.15) is 5.56 Å². The molecule has 2 amide bonds. The molecule has 0 saturated carbocycles. The molecule has 3 N–H and O–H groups in total. The smallest absolute Gasteiger partial charge is 0.271 e. The zero-order valence-electron chi connectivity index (χ0n) is 15.5. The first-order valence-electron chi connectivity index (χ1n) is 8.44. The molecule has 1 heterocycles. The summed E-state index contributed by atoms with van der Waals surface area (Å²) in [6, 6.07) is 8.83. The molecule has 1 atom stereocenters. The molecular weight excluding hydrogens is 350 g/mol. The molecule has 0 aliphatic carbocycles. The van der Waals surface area contributed by atoms with E-state index in [2.05, 4.69) is 10.6 Å². The molecule has 1 aromatic carbocycles. The Morgan fingerprint density at radius 3 is 2.48 bits per heavy atom. The predicted octanol–water partition coefficient (Wildman–Crippen LogP) is 0.899. The van der Waals surface area contributed by atoms with Crippen molar-refractivity contribution in [1.82, 2.24) is 15.2 Å². The molecule has 0 saturated heterocycles. The molecule has 8 nitrogen and oxygen atoms in total. The molecule has 144 valence electrons. The first kappa shape index (κ1) is 20.2. The number of nitrogens with one attached hydrogen (secondary N) is 2. The predicted molar refractivity (Wildman–Crippen MR) is 100 cm³/mol. The minimum absolute atomic E-state index is 0.202. The highest BCUT2D eigenvalue weighted by Gasteiger charge is 2.25. The standard InChI is InChI=1S/C19H23N3O5/c1-12(13-7-5-4-6-8-13)22-11-14(18(25)21-9-10-27-3)16(23)17(24)15(22)19(26)20-2/h4-8,11-12,24H,9-10H2,1-3H3,(H,20,26)(H,21,25). The number of aromatic nitrogens is 1. The molecular formula is C19H23N3O5. The number of aromatic hydroxyl groups is 1. The summed E-state index contributed by atoms with van der Waals surface area (Å²) in [6.07, 6.45) is 1.30. The molecule has 0 aliphatic rings. The Kier molecular flexibility index (Phi) is 6.73. The molecule has 27 heavy (non-hydrogen) atoms. The lowest BCUT2D eigenvalue weighted by atomic mass is 10.1. The minimum atomic E-state index is -0.903. The van der Waals surface area contributed by atoms with Gasteiger partial charge in [0, 0.05) is 26.9 Å². The fraction of sp³-hybridized carbons (Fsp3) is 0.316. The van der Waals surface area contributed by atoms with E-state index in [0.717, 1.165) is 5.56 Å². The molecule has 0 bridgehead atoms. The topological polar surface area (TPSA) is 110 Å². The number of pyridine rings is 1. The Morgan fingerprint density at radius 2 is 1.89 bits per heavy atom. The van der Waals surface area contributed by atoms with Gasteiger partial charge in [0.2, 0.25) is 5.43 Å². The summed E-state index contributed by atoms with van der Waals surface area (Å²) in [5.41, 5.74) is -0.511. The fourth-order valence-electron chi connectivity index (χ4n) is 2.68. The van der Waals surface area contributed by atoms with E-state index in [-0.39, 0.29) is 24.4 Å². The van der Waals surface area contributed by atoms with E-state index >= 15 is 0 Å². The van der Waals surface area contributed by atoms with Gasteiger partial charge >= 0.3 is 0 Å². The van der Waals surface area contributed by atoms with E-state index in [4.69, 9.17) is 4.74 Å². The summed E-state index contributed by atoms with van der Waals surface area (Å²) in [6.45, 7) is 2.29. The molecule has 0 radical (unpaired) electrons. The van der Waals surface area contributed by atoms with Gasteiger partial charge in [0.25, 0.3) is 11.8 Å². The van der Waals surface area contributed by atoms with Crippen LogP contribution >= 0.6 is 0 Å². The summed E-state index contributed by atoms with van der Waals surface area (Å²) in [5.74, 6) is -2.04. The van der Waals surface area contributed by atoms with Gasteiger partial charge in [-0.05, 0) is 12.5 Å². The second-order valence-corrected chi connectivity index (χ2v) is 5.89. The van der Waals surface area contributed by atoms with Crippen LogP contribution in [0.4, 0.5) is 0 Å². The van der Waals surface area contributed by atoms with Crippen molar-refractivity contribution in [2.75, 3.05) is 27.3 Å². The van der Waals surface area contributed by atoms with Crippen molar-refractivity contribution in [3.05, 3.63) is 63.6 Å². The average molecular weight is 373 g/mol. The summed E-state index contributed by atoms with van der Waals surface area (Å²) < 4.78 is 6.29. The average Bonchev–Trinajstić information content (AvgIpc) is 2.69. The number of benzene rings is 1. The largest absolute Gasteiger partial charge is 0.503 e. The Hall–Kier alpha value is -3.13.